The van der Waals surface area contributed by atoms with E-state index >= 15 is 0 Å². The molecule has 0 aliphatic carbocycles. The van der Waals surface area contributed by atoms with Crippen LogP contribution in [0.25, 0.3) is 0 Å². The maximum absolute atomic E-state index is 2.30. The average molecular weight is 250 g/mol. The highest BCUT2D eigenvalue weighted by molar-refractivity contribution is 5.01. The maximum Gasteiger partial charge on any atom is -0.0348 e. The zero-order valence-corrected chi connectivity index (χ0v) is 12.8. The van der Waals surface area contributed by atoms with E-state index in [9.17, 15) is 0 Å². The molecule has 0 heterocycles. The van der Waals surface area contributed by atoms with Gasteiger partial charge in [-0.2, -0.15) is 0 Å². The van der Waals surface area contributed by atoms with E-state index < -0.39 is 0 Å². The highest BCUT2D eigenvalue weighted by atomic mass is 14.0. The molecule has 0 rings (SSSR count). The first-order valence-corrected chi connectivity index (χ1v) is 8.23. The van der Waals surface area contributed by atoms with Gasteiger partial charge in [-0.05, 0) is 19.3 Å². The highest BCUT2D eigenvalue weighted by Gasteiger charge is 1.91. The summed E-state index contributed by atoms with van der Waals surface area (Å²) in [6.45, 7) is 4.46. The Hall–Kier alpha value is -0.520. The predicted octanol–water partition coefficient (Wildman–Crippen LogP) is 6.82. The lowest BCUT2D eigenvalue weighted by Crippen LogP contribution is -1.81. The van der Waals surface area contributed by atoms with Crippen LogP contribution in [0, 0.1) is 0 Å². The van der Waals surface area contributed by atoms with E-state index in [4.69, 9.17) is 0 Å². The molecule has 0 amide bonds. The van der Waals surface area contributed by atoms with E-state index in [1.807, 2.05) is 0 Å². The number of unbranched alkanes of at least 4 members (excludes halogenated alkanes) is 10. The van der Waals surface area contributed by atoms with Gasteiger partial charge in [-0.3, -0.25) is 0 Å². The van der Waals surface area contributed by atoms with Crippen molar-refractivity contribution in [3.05, 3.63) is 24.3 Å². The Balaban J connectivity index is 3.03. The Morgan fingerprint density at radius 1 is 0.556 bits per heavy atom. The van der Waals surface area contributed by atoms with Crippen LogP contribution in [0.1, 0.15) is 90.9 Å². The largest absolute Gasteiger partial charge is 0.0848 e. The molecule has 0 unspecified atom stereocenters. The molecule has 18 heavy (non-hydrogen) atoms. The van der Waals surface area contributed by atoms with Crippen LogP contribution in [0.15, 0.2) is 24.3 Å². The molecule has 0 aromatic carbocycles. The SMILES string of the molecule is CCC=C/C=C/CCCCCCCCCCCC. The molecule has 0 radical (unpaired) electrons. The third-order valence-corrected chi connectivity index (χ3v) is 3.34. The van der Waals surface area contributed by atoms with Gasteiger partial charge in [-0.25, -0.2) is 0 Å². The van der Waals surface area contributed by atoms with Crippen LogP contribution in [-0.2, 0) is 0 Å². The summed E-state index contributed by atoms with van der Waals surface area (Å²) in [6, 6.07) is 0. The summed E-state index contributed by atoms with van der Waals surface area (Å²) in [4.78, 5) is 0. The Morgan fingerprint density at radius 2 is 1.06 bits per heavy atom. The molecule has 0 atom stereocenters. The fraction of sp³-hybridized carbons (Fsp3) is 0.778. The number of rotatable bonds is 13. The van der Waals surface area contributed by atoms with Crippen LogP contribution in [0.4, 0.5) is 0 Å². The van der Waals surface area contributed by atoms with E-state index in [2.05, 4.69) is 38.2 Å². The number of hydrogen-bond acceptors (Lipinski definition) is 0. The molecule has 0 fully saturated rings. The highest BCUT2D eigenvalue weighted by Crippen LogP contribution is 2.11. The maximum atomic E-state index is 2.30. The molecule has 0 spiro atoms. The normalized spacial score (nSPS) is 11.9. The molecule has 0 heteroatoms. The monoisotopic (exact) mass is 250 g/mol. The summed E-state index contributed by atoms with van der Waals surface area (Å²) in [5.74, 6) is 0. The van der Waals surface area contributed by atoms with Crippen molar-refractivity contribution < 1.29 is 0 Å². The van der Waals surface area contributed by atoms with Gasteiger partial charge in [0.25, 0.3) is 0 Å². The van der Waals surface area contributed by atoms with Crippen molar-refractivity contribution in [3.8, 4) is 0 Å². The van der Waals surface area contributed by atoms with Crippen LogP contribution < -0.4 is 0 Å². The number of hydrogen-bond donors (Lipinski definition) is 0. The minimum absolute atomic E-state index is 1.14. The third-order valence-electron chi connectivity index (χ3n) is 3.34. The zero-order chi connectivity index (χ0) is 13.3. The van der Waals surface area contributed by atoms with Gasteiger partial charge in [0.2, 0.25) is 0 Å². The lowest BCUT2D eigenvalue weighted by atomic mass is 10.1. The van der Waals surface area contributed by atoms with Gasteiger partial charge < -0.3 is 0 Å². The average Bonchev–Trinajstić information content (AvgIpc) is 2.39. The molecule has 106 valence electrons. The second kappa shape index (κ2) is 16.5. The number of allylic oxidation sites excluding steroid dienone is 4. The summed E-state index contributed by atoms with van der Waals surface area (Å²) in [6.07, 6.45) is 25.5. The molecular formula is C18H34. The van der Waals surface area contributed by atoms with Crippen molar-refractivity contribution in [2.45, 2.75) is 90.9 Å². The van der Waals surface area contributed by atoms with Crippen molar-refractivity contribution in [2.75, 3.05) is 0 Å². The second-order valence-corrected chi connectivity index (χ2v) is 5.24. The van der Waals surface area contributed by atoms with Gasteiger partial charge >= 0.3 is 0 Å². The fourth-order valence-corrected chi connectivity index (χ4v) is 2.14. The van der Waals surface area contributed by atoms with E-state index in [0.717, 1.165) is 6.42 Å². The summed E-state index contributed by atoms with van der Waals surface area (Å²) in [7, 11) is 0. The second-order valence-electron chi connectivity index (χ2n) is 5.24. The first-order chi connectivity index (χ1) is 8.91. The minimum atomic E-state index is 1.14. The van der Waals surface area contributed by atoms with Crippen molar-refractivity contribution in [3.63, 3.8) is 0 Å². The minimum Gasteiger partial charge on any atom is -0.0848 e. The summed E-state index contributed by atoms with van der Waals surface area (Å²) in [5, 5.41) is 0. The molecule has 0 N–H and O–H groups in total. The Labute approximate surface area is 116 Å². The van der Waals surface area contributed by atoms with Gasteiger partial charge in [0, 0.05) is 0 Å². The van der Waals surface area contributed by atoms with Gasteiger partial charge in [-0.15, -0.1) is 0 Å². The van der Waals surface area contributed by atoms with Crippen molar-refractivity contribution in [1.29, 1.82) is 0 Å². The van der Waals surface area contributed by atoms with Crippen LogP contribution >= 0.6 is 0 Å². The topological polar surface area (TPSA) is 0 Å². The van der Waals surface area contributed by atoms with E-state index in [1.165, 1.54) is 70.6 Å². The van der Waals surface area contributed by atoms with E-state index in [0.29, 0.717) is 0 Å². The first-order valence-electron chi connectivity index (χ1n) is 8.23. The van der Waals surface area contributed by atoms with Gasteiger partial charge in [0.1, 0.15) is 0 Å². The predicted molar refractivity (Wildman–Crippen MR) is 85.0 cm³/mol. The molecule has 0 saturated heterocycles. The first kappa shape index (κ1) is 17.5. The standard InChI is InChI=1S/C18H34/c1-3-5-7-9-11-13-15-17-18-16-14-12-10-8-6-4-2/h5,7,9,11H,3-4,6,8,10,12-18H2,1-2H3/b7-5?,11-9+. The van der Waals surface area contributed by atoms with Gasteiger partial charge in [0.15, 0.2) is 0 Å². The molecule has 0 bridgehead atoms. The molecule has 0 aliphatic heterocycles. The lowest BCUT2D eigenvalue weighted by molar-refractivity contribution is 0.557. The van der Waals surface area contributed by atoms with Crippen molar-refractivity contribution in [2.24, 2.45) is 0 Å². The summed E-state index contributed by atoms with van der Waals surface area (Å²) >= 11 is 0. The Kier molecular flexibility index (Phi) is 16.0. The molecule has 0 nitrogen and oxygen atoms in total. The van der Waals surface area contributed by atoms with Crippen LogP contribution in [0.5, 0.6) is 0 Å². The molecule has 0 aliphatic rings. The molecular weight excluding hydrogens is 216 g/mol. The Bertz CT molecular complexity index is 188. The van der Waals surface area contributed by atoms with Crippen molar-refractivity contribution in [1.82, 2.24) is 0 Å². The summed E-state index contributed by atoms with van der Waals surface area (Å²) in [5.41, 5.74) is 0. The third kappa shape index (κ3) is 15.5. The fourth-order valence-electron chi connectivity index (χ4n) is 2.14. The van der Waals surface area contributed by atoms with Gasteiger partial charge in [-0.1, -0.05) is 95.9 Å². The van der Waals surface area contributed by atoms with E-state index in [-0.39, 0.29) is 0 Å². The smallest absolute Gasteiger partial charge is 0.0348 e. The molecule has 0 saturated carbocycles. The zero-order valence-electron chi connectivity index (χ0n) is 12.8. The quantitative estimate of drug-likeness (QED) is 0.248. The Morgan fingerprint density at radius 3 is 1.61 bits per heavy atom. The van der Waals surface area contributed by atoms with E-state index in [1.54, 1.807) is 0 Å². The van der Waals surface area contributed by atoms with Crippen LogP contribution in [0.2, 0.25) is 0 Å². The summed E-state index contributed by atoms with van der Waals surface area (Å²) < 4.78 is 0. The molecule has 0 aromatic rings. The van der Waals surface area contributed by atoms with Gasteiger partial charge in [0.05, 0.1) is 0 Å². The van der Waals surface area contributed by atoms with Crippen molar-refractivity contribution >= 4 is 0 Å². The lowest BCUT2D eigenvalue weighted by Gasteiger charge is -2.01. The van der Waals surface area contributed by atoms with Crippen LogP contribution in [-0.4, -0.2) is 0 Å². The molecule has 0 aromatic heterocycles. The van der Waals surface area contributed by atoms with Crippen LogP contribution in [0.3, 0.4) is 0 Å².